The van der Waals surface area contributed by atoms with Crippen molar-refractivity contribution in [3.05, 3.63) is 48.1 Å². The number of aromatic nitrogens is 4. The number of benzene rings is 1. The molecule has 0 fully saturated rings. The van der Waals surface area contributed by atoms with Gasteiger partial charge in [0.05, 0.1) is 17.6 Å². The molecule has 0 saturated heterocycles. The summed E-state index contributed by atoms with van der Waals surface area (Å²) in [5, 5.41) is 0. The van der Waals surface area contributed by atoms with Crippen LogP contribution >= 0.6 is 0 Å². The highest BCUT2D eigenvalue weighted by molar-refractivity contribution is 5.74. The molecule has 2 aromatic heterocycles. The van der Waals surface area contributed by atoms with Crippen molar-refractivity contribution < 1.29 is 4.39 Å². The minimum absolute atomic E-state index is 0.247. The van der Waals surface area contributed by atoms with Crippen molar-refractivity contribution in [1.82, 2.24) is 24.4 Å². The van der Waals surface area contributed by atoms with Crippen LogP contribution < -0.4 is 0 Å². The first-order chi connectivity index (χ1) is 10.7. The highest BCUT2D eigenvalue weighted by Gasteiger charge is 2.08. The number of fused-ring (bicyclic) bond motifs is 1. The molecule has 1 N–H and O–H groups in total. The lowest BCUT2D eigenvalue weighted by molar-refractivity contribution is 0.303. The molecule has 116 valence electrons. The number of aryl methyl sites for hydroxylation is 1. The van der Waals surface area contributed by atoms with Gasteiger partial charge in [0.1, 0.15) is 17.5 Å². The zero-order valence-corrected chi connectivity index (χ0v) is 12.9. The van der Waals surface area contributed by atoms with E-state index in [1.165, 1.54) is 12.1 Å². The van der Waals surface area contributed by atoms with Crippen LogP contribution in [-0.2, 0) is 19.5 Å². The fourth-order valence-electron chi connectivity index (χ4n) is 2.58. The molecular formula is C16H20FN5. The summed E-state index contributed by atoms with van der Waals surface area (Å²) in [6, 6.07) is 4.61. The average molecular weight is 301 g/mol. The van der Waals surface area contributed by atoms with Crippen molar-refractivity contribution in [3.63, 3.8) is 0 Å². The average Bonchev–Trinajstić information content (AvgIpc) is 3.10. The van der Waals surface area contributed by atoms with Crippen molar-refractivity contribution in [2.45, 2.75) is 26.4 Å². The number of nitrogens with zero attached hydrogens (tertiary/aromatic N) is 4. The molecule has 0 aliphatic rings. The van der Waals surface area contributed by atoms with Crippen LogP contribution in [0.1, 0.15) is 18.6 Å². The Morgan fingerprint density at radius 2 is 2.23 bits per heavy atom. The number of halogens is 1. The summed E-state index contributed by atoms with van der Waals surface area (Å²) in [6.07, 6.45) is 4.79. The Morgan fingerprint density at radius 1 is 1.36 bits per heavy atom. The van der Waals surface area contributed by atoms with Crippen molar-refractivity contribution in [3.8, 4) is 0 Å². The van der Waals surface area contributed by atoms with Crippen LogP contribution in [0.2, 0.25) is 0 Å². The van der Waals surface area contributed by atoms with E-state index in [-0.39, 0.29) is 5.82 Å². The van der Waals surface area contributed by atoms with Crippen LogP contribution in [0.3, 0.4) is 0 Å². The molecule has 0 atom stereocenters. The van der Waals surface area contributed by atoms with Gasteiger partial charge >= 0.3 is 0 Å². The van der Waals surface area contributed by atoms with Crippen LogP contribution in [-0.4, -0.2) is 38.0 Å². The van der Waals surface area contributed by atoms with Crippen molar-refractivity contribution in [2.75, 3.05) is 13.6 Å². The van der Waals surface area contributed by atoms with Crippen LogP contribution in [0, 0.1) is 5.82 Å². The van der Waals surface area contributed by atoms with E-state index >= 15 is 0 Å². The molecule has 3 aromatic rings. The van der Waals surface area contributed by atoms with Crippen molar-refractivity contribution in [2.24, 2.45) is 0 Å². The number of hydrogen-bond donors (Lipinski definition) is 1. The Balaban J connectivity index is 1.61. The number of rotatable bonds is 6. The van der Waals surface area contributed by atoms with Gasteiger partial charge < -0.3 is 9.55 Å². The lowest BCUT2D eigenvalue weighted by Crippen LogP contribution is -2.23. The van der Waals surface area contributed by atoms with Gasteiger partial charge in [-0.15, -0.1) is 0 Å². The first-order valence-corrected chi connectivity index (χ1v) is 7.48. The predicted molar refractivity (Wildman–Crippen MR) is 84.0 cm³/mol. The van der Waals surface area contributed by atoms with E-state index in [1.807, 2.05) is 12.4 Å². The van der Waals surface area contributed by atoms with Gasteiger partial charge in [0, 0.05) is 31.9 Å². The third-order valence-electron chi connectivity index (χ3n) is 3.75. The van der Waals surface area contributed by atoms with Gasteiger partial charge in [0.15, 0.2) is 0 Å². The topological polar surface area (TPSA) is 49.7 Å². The summed E-state index contributed by atoms with van der Waals surface area (Å²) < 4.78 is 15.4. The first-order valence-electron chi connectivity index (χ1n) is 7.48. The number of aromatic amines is 1. The summed E-state index contributed by atoms with van der Waals surface area (Å²) in [5.41, 5.74) is 1.54. The highest BCUT2D eigenvalue weighted by atomic mass is 19.1. The van der Waals surface area contributed by atoms with E-state index in [1.54, 1.807) is 6.07 Å². The minimum Gasteiger partial charge on any atom is -0.341 e. The number of H-pyrrole nitrogens is 1. The summed E-state index contributed by atoms with van der Waals surface area (Å²) in [4.78, 5) is 14.2. The van der Waals surface area contributed by atoms with Gasteiger partial charge in [-0.1, -0.05) is 6.92 Å². The van der Waals surface area contributed by atoms with E-state index in [0.29, 0.717) is 6.54 Å². The van der Waals surface area contributed by atoms with E-state index in [9.17, 15) is 4.39 Å². The smallest absolute Gasteiger partial charge is 0.125 e. The summed E-state index contributed by atoms with van der Waals surface area (Å²) in [5.74, 6) is 1.71. The minimum atomic E-state index is -0.247. The van der Waals surface area contributed by atoms with Crippen LogP contribution in [0.4, 0.5) is 4.39 Å². The maximum atomic E-state index is 13.2. The van der Waals surface area contributed by atoms with Gasteiger partial charge in [0.2, 0.25) is 0 Å². The Bertz CT molecular complexity index is 761. The number of hydrogen-bond acceptors (Lipinski definition) is 3. The largest absolute Gasteiger partial charge is 0.341 e. The molecule has 0 amide bonds. The summed E-state index contributed by atoms with van der Waals surface area (Å²) in [6.45, 7) is 4.60. The Hall–Kier alpha value is -2.21. The second-order valence-corrected chi connectivity index (χ2v) is 5.47. The molecule has 0 aliphatic carbocycles. The molecular weight excluding hydrogens is 281 g/mol. The van der Waals surface area contributed by atoms with Gasteiger partial charge in [-0.05, 0) is 25.2 Å². The first kappa shape index (κ1) is 14.7. The lowest BCUT2D eigenvalue weighted by atomic mass is 10.3. The fourth-order valence-corrected chi connectivity index (χ4v) is 2.58. The predicted octanol–water partition coefficient (Wildman–Crippen LogP) is 2.59. The zero-order valence-electron chi connectivity index (χ0n) is 12.9. The Morgan fingerprint density at radius 3 is 3.05 bits per heavy atom. The van der Waals surface area contributed by atoms with Crippen LogP contribution in [0.5, 0.6) is 0 Å². The number of likely N-dealkylation sites (N-methyl/N-ethyl adjacent to an activating group) is 1. The van der Waals surface area contributed by atoms with Crippen molar-refractivity contribution in [1.29, 1.82) is 0 Å². The molecule has 22 heavy (non-hydrogen) atoms. The van der Waals surface area contributed by atoms with Gasteiger partial charge in [-0.25, -0.2) is 14.4 Å². The van der Waals surface area contributed by atoms with Gasteiger partial charge in [0.25, 0.3) is 0 Å². The molecule has 0 bridgehead atoms. The highest BCUT2D eigenvalue weighted by Crippen LogP contribution is 2.13. The van der Waals surface area contributed by atoms with Crippen LogP contribution in [0.15, 0.2) is 30.6 Å². The molecule has 0 spiro atoms. The zero-order chi connectivity index (χ0) is 15.5. The second-order valence-electron chi connectivity index (χ2n) is 5.47. The normalized spacial score (nSPS) is 11.6. The number of imidazole rings is 2. The number of nitrogens with one attached hydrogen (secondary N) is 1. The molecule has 3 rings (SSSR count). The quantitative estimate of drug-likeness (QED) is 0.761. The maximum absolute atomic E-state index is 13.2. The molecule has 1 aromatic carbocycles. The van der Waals surface area contributed by atoms with E-state index in [0.717, 1.165) is 42.2 Å². The Kier molecular flexibility index (Phi) is 4.20. The molecule has 0 aliphatic heterocycles. The molecule has 5 nitrogen and oxygen atoms in total. The molecule has 2 heterocycles. The standard InChI is InChI=1S/C16H20FN5/c1-3-16-18-6-7-22(16)9-8-21(2)11-15-19-13-5-4-12(17)10-14(13)20-15/h4-7,10H,3,8-9,11H2,1-2H3,(H,19,20). The van der Waals surface area contributed by atoms with E-state index < -0.39 is 0 Å². The Labute approximate surface area is 128 Å². The van der Waals surface area contributed by atoms with E-state index in [4.69, 9.17) is 0 Å². The van der Waals surface area contributed by atoms with Crippen molar-refractivity contribution >= 4 is 11.0 Å². The van der Waals surface area contributed by atoms with E-state index in [2.05, 4.69) is 38.4 Å². The lowest BCUT2D eigenvalue weighted by Gasteiger charge is -2.16. The van der Waals surface area contributed by atoms with Gasteiger partial charge in [-0.3, -0.25) is 4.90 Å². The molecule has 0 saturated carbocycles. The molecule has 0 radical (unpaired) electrons. The third-order valence-corrected chi connectivity index (χ3v) is 3.75. The van der Waals surface area contributed by atoms with Crippen LogP contribution in [0.25, 0.3) is 11.0 Å². The maximum Gasteiger partial charge on any atom is 0.125 e. The monoisotopic (exact) mass is 301 g/mol. The second kappa shape index (κ2) is 6.27. The summed E-state index contributed by atoms with van der Waals surface area (Å²) >= 11 is 0. The summed E-state index contributed by atoms with van der Waals surface area (Å²) in [7, 11) is 2.05. The third kappa shape index (κ3) is 3.17. The molecule has 6 heteroatoms. The SMILES string of the molecule is CCc1nccn1CCN(C)Cc1nc2ccc(F)cc2[nH]1. The fraction of sp³-hybridized carbons (Fsp3) is 0.375. The molecule has 0 unspecified atom stereocenters. The van der Waals surface area contributed by atoms with Gasteiger partial charge in [-0.2, -0.15) is 0 Å².